The van der Waals surface area contributed by atoms with E-state index < -0.39 is 0 Å². The zero-order valence-corrected chi connectivity index (χ0v) is 26.4. The molecule has 1 nitrogen and oxygen atoms in total. The van der Waals surface area contributed by atoms with Crippen LogP contribution in [0.5, 0.6) is 0 Å². The molecular weight excluding hydrogens is 527 g/mol. The van der Waals surface area contributed by atoms with Gasteiger partial charge in [0.05, 0.1) is 0 Å². The molecule has 0 fully saturated rings. The number of unbranched alkanes of at least 4 members (excludes halogenated alkanes) is 3. The third-order valence-electron chi connectivity index (χ3n) is 9.83. The third kappa shape index (κ3) is 4.26. The highest BCUT2D eigenvalue weighted by Gasteiger charge is 2.37. The van der Waals surface area contributed by atoms with Crippen molar-refractivity contribution in [1.29, 1.82) is 0 Å². The van der Waals surface area contributed by atoms with Gasteiger partial charge in [-0.15, -0.1) is 11.3 Å². The van der Waals surface area contributed by atoms with Gasteiger partial charge in [-0.2, -0.15) is 0 Å². The minimum absolute atomic E-state index is 0.0327. The summed E-state index contributed by atoms with van der Waals surface area (Å²) in [6, 6.07) is 34.6. The lowest BCUT2D eigenvalue weighted by Crippen LogP contribution is -2.17. The lowest BCUT2D eigenvalue weighted by molar-refractivity contribution is 0.660. The predicted molar refractivity (Wildman–Crippen MR) is 182 cm³/mol. The molecule has 0 bridgehead atoms. The molecule has 2 aliphatic rings. The molecule has 0 unspecified atom stereocenters. The largest absolute Gasteiger partial charge is 0.302 e. The fourth-order valence-electron chi connectivity index (χ4n) is 7.43. The second kappa shape index (κ2) is 10.3. The molecule has 1 aromatic heterocycles. The van der Waals surface area contributed by atoms with Crippen LogP contribution in [-0.2, 0) is 17.3 Å². The molecule has 0 spiro atoms. The number of anilines is 3. The maximum absolute atomic E-state index is 2.51. The zero-order valence-electron chi connectivity index (χ0n) is 25.6. The molecule has 5 aromatic rings. The van der Waals surface area contributed by atoms with E-state index in [0.717, 1.165) is 6.42 Å². The summed E-state index contributed by atoms with van der Waals surface area (Å²) in [7, 11) is 0. The lowest BCUT2D eigenvalue weighted by atomic mass is 9.82. The first kappa shape index (κ1) is 27.2. The Hall–Kier alpha value is -3.62. The van der Waals surface area contributed by atoms with Gasteiger partial charge in [-0.3, -0.25) is 0 Å². The highest BCUT2D eigenvalue weighted by molar-refractivity contribution is 7.14. The first-order valence-electron chi connectivity index (χ1n) is 15.7. The molecule has 0 amide bonds. The second-order valence-electron chi connectivity index (χ2n) is 13.2. The molecule has 7 rings (SSSR count). The monoisotopic (exact) mass is 567 g/mol. The Labute approximate surface area is 255 Å². The van der Waals surface area contributed by atoms with E-state index in [1.165, 1.54) is 92.1 Å². The molecule has 0 saturated heterocycles. The van der Waals surface area contributed by atoms with Gasteiger partial charge in [-0.25, -0.2) is 0 Å². The van der Waals surface area contributed by atoms with Crippen LogP contribution in [0.4, 0.5) is 16.4 Å². The fourth-order valence-corrected chi connectivity index (χ4v) is 8.43. The van der Waals surface area contributed by atoms with E-state index in [0.29, 0.717) is 0 Å². The van der Waals surface area contributed by atoms with Gasteiger partial charge in [-0.1, -0.05) is 115 Å². The molecule has 0 N–H and O–H groups in total. The van der Waals surface area contributed by atoms with Gasteiger partial charge >= 0.3 is 0 Å². The smallest absolute Gasteiger partial charge is 0.100 e. The van der Waals surface area contributed by atoms with Gasteiger partial charge in [0.2, 0.25) is 0 Å². The fraction of sp³-hybridized carbons (Fsp3) is 0.300. The predicted octanol–water partition coefficient (Wildman–Crippen LogP) is 12.0. The molecule has 2 heteroatoms. The van der Waals surface area contributed by atoms with Crippen LogP contribution >= 0.6 is 11.3 Å². The van der Waals surface area contributed by atoms with Gasteiger partial charge in [0.15, 0.2) is 0 Å². The molecule has 212 valence electrons. The molecule has 1 heterocycles. The maximum atomic E-state index is 2.51. The number of thiophene rings is 1. The van der Waals surface area contributed by atoms with Gasteiger partial charge in [0, 0.05) is 22.2 Å². The second-order valence-corrected chi connectivity index (χ2v) is 14.1. The molecule has 4 aromatic carbocycles. The quantitative estimate of drug-likeness (QED) is 0.169. The van der Waals surface area contributed by atoms with Gasteiger partial charge < -0.3 is 4.90 Å². The van der Waals surface area contributed by atoms with Crippen molar-refractivity contribution in [3.63, 3.8) is 0 Å². The number of hydrogen-bond donors (Lipinski definition) is 0. The molecule has 42 heavy (non-hydrogen) atoms. The Morgan fingerprint density at radius 2 is 1.10 bits per heavy atom. The molecule has 0 saturated carbocycles. The van der Waals surface area contributed by atoms with E-state index in [1.807, 2.05) is 11.3 Å². The van der Waals surface area contributed by atoms with Crippen molar-refractivity contribution in [2.75, 3.05) is 4.90 Å². The van der Waals surface area contributed by atoms with Crippen molar-refractivity contribution in [3.8, 4) is 22.3 Å². The van der Waals surface area contributed by atoms with Crippen LogP contribution in [0.1, 0.15) is 88.1 Å². The standard InChI is InChI=1S/C40H41NS/c1-6-7-8-9-14-27-23-38(42-26-27)41(28-19-21-32-30-15-10-12-17-34(30)39(2,3)36(32)24-28)29-20-22-33-31-16-11-13-18-35(31)40(4,5)37(33)25-29/h10-13,15-26H,6-9,14H2,1-5H3. The average molecular weight is 568 g/mol. The van der Waals surface area contributed by atoms with E-state index in [2.05, 4.69) is 136 Å². The van der Waals surface area contributed by atoms with Crippen LogP contribution in [0, 0.1) is 0 Å². The van der Waals surface area contributed by atoms with E-state index >= 15 is 0 Å². The average Bonchev–Trinajstić information content (AvgIpc) is 3.62. The Morgan fingerprint density at radius 1 is 0.571 bits per heavy atom. The SMILES string of the molecule is CCCCCCc1csc(N(c2ccc3c(c2)C(C)(C)c2ccccc2-3)c2ccc3c(c2)C(C)(C)c2ccccc2-3)c1. The summed E-state index contributed by atoms with van der Waals surface area (Å²) in [6.45, 7) is 11.8. The zero-order chi connectivity index (χ0) is 29.1. The van der Waals surface area contributed by atoms with Crippen LogP contribution in [-0.4, -0.2) is 0 Å². The van der Waals surface area contributed by atoms with Crippen molar-refractivity contribution in [2.24, 2.45) is 0 Å². The third-order valence-corrected chi connectivity index (χ3v) is 10.8. The topological polar surface area (TPSA) is 3.24 Å². The normalized spacial score (nSPS) is 15.2. The van der Waals surface area contributed by atoms with Crippen LogP contribution in [0.15, 0.2) is 96.4 Å². The Bertz CT molecular complexity index is 1680. The van der Waals surface area contributed by atoms with Crippen LogP contribution in [0.25, 0.3) is 22.3 Å². The molecule has 2 aliphatic carbocycles. The van der Waals surface area contributed by atoms with Gasteiger partial charge in [0.25, 0.3) is 0 Å². The van der Waals surface area contributed by atoms with E-state index in [4.69, 9.17) is 0 Å². The summed E-state index contributed by atoms with van der Waals surface area (Å²) in [5.74, 6) is 0. The summed E-state index contributed by atoms with van der Waals surface area (Å²) in [6.07, 6.45) is 6.33. The van der Waals surface area contributed by atoms with Crippen LogP contribution in [0.3, 0.4) is 0 Å². The summed E-state index contributed by atoms with van der Waals surface area (Å²) in [4.78, 5) is 2.51. The van der Waals surface area contributed by atoms with E-state index in [1.54, 1.807) is 0 Å². The van der Waals surface area contributed by atoms with Crippen molar-refractivity contribution in [2.45, 2.75) is 77.6 Å². The first-order valence-corrected chi connectivity index (χ1v) is 16.5. The van der Waals surface area contributed by atoms with Gasteiger partial charge in [-0.05, 0) is 98.6 Å². The first-order chi connectivity index (χ1) is 20.3. The Morgan fingerprint density at radius 3 is 1.64 bits per heavy atom. The number of hydrogen-bond acceptors (Lipinski definition) is 2. The van der Waals surface area contributed by atoms with Crippen molar-refractivity contribution < 1.29 is 0 Å². The highest BCUT2D eigenvalue weighted by atomic mass is 32.1. The number of nitrogens with zero attached hydrogens (tertiary/aromatic N) is 1. The molecular formula is C40H41NS. The highest BCUT2D eigenvalue weighted by Crippen LogP contribution is 2.53. The molecule has 0 radical (unpaired) electrons. The minimum Gasteiger partial charge on any atom is -0.302 e. The summed E-state index contributed by atoms with van der Waals surface area (Å²) < 4.78 is 0. The summed E-state index contributed by atoms with van der Waals surface area (Å²) in [5, 5.41) is 3.68. The number of rotatable bonds is 8. The van der Waals surface area contributed by atoms with Crippen LogP contribution in [0.2, 0.25) is 0 Å². The maximum Gasteiger partial charge on any atom is 0.100 e. The number of fused-ring (bicyclic) bond motifs is 6. The van der Waals surface area contributed by atoms with Crippen LogP contribution < -0.4 is 4.90 Å². The Kier molecular flexibility index (Phi) is 6.66. The van der Waals surface area contributed by atoms with Crippen molar-refractivity contribution in [3.05, 3.63) is 124 Å². The molecule has 0 atom stereocenters. The summed E-state index contributed by atoms with van der Waals surface area (Å²) >= 11 is 1.88. The number of benzene rings is 4. The van der Waals surface area contributed by atoms with E-state index in [-0.39, 0.29) is 10.8 Å². The van der Waals surface area contributed by atoms with Crippen molar-refractivity contribution in [1.82, 2.24) is 0 Å². The van der Waals surface area contributed by atoms with Gasteiger partial charge in [0.1, 0.15) is 5.00 Å². The number of aryl methyl sites for hydroxylation is 1. The minimum atomic E-state index is -0.0327. The Balaban J connectivity index is 1.34. The molecule has 0 aliphatic heterocycles. The van der Waals surface area contributed by atoms with Crippen molar-refractivity contribution >= 4 is 27.7 Å². The summed E-state index contributed by atoms with van der Waals surface area (Å²) in [5.41, 5.74) is 15.0. The lowest BCUT2D eigenvalue weighted by Gasteiger charge is -2.28. The van der Waals surface area contributed by atoms with E-state index in [9.17, 15) is 0 Å².